The van der Waals surface area contributed by atoms with E-state index in [4.69, 9.17) is 4.74 Å². The average molecular weight is 159 g/mol. The largest absolute Gasteiger partial charge is 0.392 e. The van der Waals surface area contributed by atoms with E-state index in [1.54, 1.807) is 0 Å². The molecule has 0 amide bonds. The number of morpholine rings is 1. The van der Waals surface area contributed by atoms with Crippen LogP contribution in [-0.2, 0) is 4.74 Å². The zero-order valence-electron chi connectivity index (χ0n) is 7.12. The number of β-amino-alcohol motifs (C(OH)–C–C–N with tert-alkyl or cyclic N) is 1. The smallest absolute Gasteiger partial charge is 0.0664 e. The normalized spacial score (nSPS) is 23.5. The minimum absolute atomic E-state index is 0.159. The van der Waals surface area contributed by atoms with E-state index in [-0.39, 0.29) is 6.10 Å². The van der Waals surface area contributed by atoms with Gasteiger partial charge in [-0.15, -0.1) is 0 Å². The van der Waals surface area contributed by atoms with E-state index >= 15 is 0 Å². The zero-order chi connectivity index (χ0) is 8.10. The van der Waals surface area contributed by atoms with Crippen molar-refractivity contribution in [2.24, 2.45) is 0 Å². The molecular weight excluding hydrogens is 142 g/mol. The molecule has 66 valence electrons. The van der Waals surface area contributed by atoms with Crippen molar-refractivity contribution in [2.45, 2.75) is 19.4 Å². The molecule has 1 fully saturated rings. The molecular formula is C8H17NO2. The van der Waals surface area contributed by atoms with Gasteiger partial charge in [-0.25, -0.2) is 0 Å². The van der Waals surface area contributed by atoms with Crippen LogP contribution >= 0.6 is 0 Å². The second-order valence-electron chi connectivity index (χ2n) is 2.98. The molecule has 1 saturated heterocycles. The molecule has 0 aromatic rings. The average Bonchev–Trinajstić information content (AvgIpc) is 2.06. The maximum absolute atomic E-state index is 9.33. The fraction of sp³-hybridized carbons (Fsp3) is 1.00. The number of aliphatic hydroxyl groups excluding tert-OH is 1. The Morgan fingerprint density at radius 3 is 2.64 bits per heavy atom. The van der Waals surface area contributed by atoms with Crippen LogP contribution in [0.3, 0.4) is 0 Å². The predicted molar refractivity (Wildman–Crippen MR) is 43.6 cm³/mol. The van der Waals surface area contributed by atoms with Crippen LogP contribution in [0.15, 0.2) is 0 Å². The van der Waals surface area contributed by atoms with Crippen molar-refractivity contribution in [1.29, 1.82) is 0 Å². The Hall–Kier alpha value is -0.120. The van der Waals surface area contributed by atoms with Gasteiger partial charge in [-0.1, -0.05) is 6.92 Å². The highest BCUT2D eigenvalue weighted by Crippen LogP contribution is 2.00. The van der Waals surface area contributed by atoms with Gasteiger partial charge in [0.2, 0.25) is 0 Å². The van der Waals surface area contributed by atoms with Crippen molar-refractivity contribution in [1.82, 2.24) is 4.90 Å². The molecule has 1 atom stereocenters. The van der Waals surface area contributed by atoms with Crippen LogP contribution in [-0.4, -0.2) is 49.0 Å². The summed E-state index contributed by atoms with van der Waals surface area (Å²) in [6, 6.07) is 0. The number of rotatable bonds is 3. The lowest BCUT2D eigenvalue weighted by molar-refractivity contribution is 0.0141. The van der Waals surface area contributed by atoms with Crippen LogP contribution < -0.4 is 0 Å². The van der Waals surface area contributed by atoms with Crippen molar-refractivity contribution in [3.05, 3.63) is 0 Å². The van der Waals surface area contributed by atoms with Crippen LogP contribution in [0.5, 0.6) is 0 Å². The van der Waals surface area contributed by atoms with E-state index in [2.05, 4.69) is 4.90 Å². The summed E-state index contributed by atoms with van der Waals surface area (Å²) in [5, 5.41) is 9.33. The highest BCUT2D eigenvalue weighted by Gasteiger charge is 2.12. The van der Waals surface area contributed by atoms with E-state index < -0.39 is 0 Å². The lowest BCUT2D eigenvalue weighted by Crippen LogP contribution is -2.40. The first-order valence-corrected chi connectivity index (χ1v) is 4.31. The molecule has 1 N–H and O–H groups in total. The molecule has 0 aromatic heterocycles. The third kappa shape index (κ3) is 3.18. The van der Waals surface area contributed by atoms with E-state index in [0.717, 1.165) is 39.3 Å². The van der Waals surface area contributed by atoms with Gasteiger partial charge in [0.25, 0.3) is 0 Å². The van der Waals surface area contributed by atoms with Crippen molar-refractivity contribution in [3.63, 3.8) is 0 Å². The van der Waals surface area contributed by atoms with Crippen LogP contribution in [0, 0.1) is 0 Å². The molecule has 1 aliphatic heterocycles. The molecule has 0 radical (unpaired) electrons. The number of ether oxygens (including phenoxy) is 1. The van der Waals surface area contributed by atoms with Crippen LogP contribution in [0.4, 0.5) is 0 Å². The van der Waals surface area contributed by atoms with E-state index in [9.17, 15) is 5.11 Å². The molecule has 1 heterocycles. The molecule has 0 spiro atoms. The molecule has 1 aliphatic rings. The number of nitrogens with zero attached hydrogens (tertiary/aromatic N) is 1. The Bertz CT molecular complexity index is 102. The molecule has 0 aromatic carbocycles. The summed E-state index contributed by atoms with van der Waals surface area (Å²) in [6.07, 6.45) is 0.685. The molecule has 3 heteroatoms. The maximum atomic E-state index is 9.33. The summed E-state index contributed by atoms with van der Waals surface area (Å²) in [7, 11) is 0. The Balaban J connectivity index is 2.13. The van der Waals surface area contributed by atoms with Crippen molar-refractivity contribution in [3.8, 4) is 0 Å². The summed E-state index contributed by atoms with van der Waals surface area (Å²) >= 11 is 0. The molecule has 0 bridgehead atoms. The first kappa shape index (κ1) is 8.97. The summed E-state index contributed by atoms with van der Waals surface area (Å²) in [6.45, 7) is 6.38. The van der Waals surface area contributed by atoms with Crippen molar-refractivity contribution < 1.29 is 9.84 Å². The fourth-order valence-corrected chi connectivity index (χ4v) is 1.21. The maximum Gasteiger partial charge on any atom is 0.0664 e. The zero-order valence-corrected chi connectivity index (χ0v) is 7.12. The first-order valence-electron chi connectivity index (χ1n) is 4.31. The molecule has 0 saturated carbocycles. The summed E-state index contributed by atoms with van der Waals surface area (Å²) < 4.78 is 5.19. The van der Waals surface area contributed by atoms with Gasteiger partial charge in [0.05, 0.1) is 19.3 Å². The van der Waals surface area contributed by atoms with Gasteiger partial charge < -0.3 is 9.84 Å². The van der Waals surface area contributed by atoms with Gasteiger partial charge in [-0.2, -0.15) is 0 Å². The standard InChI is InChI=1S/C8H17NO2/c1-2-8(10)7-9-3-5-11-6-4-9/h8,10H,2-7H2,1H3/t8-/m1/s1. The third-order valence-corrected chi connectivity index (χ3v) is 2.04. The minimum atomic E-state index is -0.159. The SMILES string of the molecule is CC[C@@H](O)CN1CCOCC1. The minimum Gasteiger partial charge on any atom is -0.392 e. The lowest BCUT2D eigenvalue weighted by atomic mass is 10.2. The van der Waals surface area contributed by atoms with Gasteiger partial charge >= 0.3 is 0 Å². The van der Waals surface area contributed by atoms with Crippen LogP contribution in [0.1, 0.15) is 13.3 Å². The van der Waals surface area contributed by atoms with E-state index in [0.29, 0.717) is 0 Å². The summed E-state index contributed by atoms with van der Waals surface area (Å²) in [5.74, 6) is 0. The lowest BCUT2D eigenvalue weighted by Gasteiger charge is -2.28. The highest BCUT2D eigenvalue weighted by molar-refractivity contribution is 4.65. The molecule has 0 aliphatic carbocycles. The van der Waals surface area contributed by atoms with E-state index in [1.165, 1.54) is 0 Å². The molecule has 1 rings (SSSR count). The topological polar surface area (TPSA) is 32.7 Å². The second kappa shape index (κ2) is 4.70. The second-order valence-corrected chi connectivity index (χ2v) is 2.98. The third-order valence-electron chi connectivity index (χ3n) is 2.04. The molecule has 0 unspecified atom stereocenters. The Labute approximate surface area is 68.0 Å². The first-order chi connectivity index (χ1) is 5.33. The molecule has 11 heavy (non-hydrogen) atoms. The van der Waals surface area contributed by atoms with E-state index in [1.807, 2.05) is 6.92 Å². The Morgan fingerprint density at radius 1 is 1.45 bits per heavy atom. The van der Waals surface area contributed by atoms with Gasteiger partial charge in [-0.05, 0) is 6.42 Å². The van der Waals surface area contributed by atoms with Gasteiger partial charge in [0, 0.05) is 19.6 Å². The Kier molecular flexibility index (Phi) is 3.83. The van der Waals surface area contributed by atoms with Crippen LogP contribution in [0.2, 0.25) is 0 Å². The van der Waals surface area contributed by atoms with Gasteiger partial charge in [0.15, 0.2) is 0 Å². The number of hydrogen-bond donors (Lipinski definition) is 1. The number of hydrogen-bond acceptors (Lipinski definition) is 3. The van der Waals surface area contributed by atoms with Gasteiger partial charge in [0.1, 0.15) is 0 Å². The fourth-order valence-electron chi connectivity index (χ4n) is 1.21. The number of aliphatic hydroxyl groups is 1. The van der Waals surface area contributed by atoms with Crippen molar-refractivity contribution in [2.75, 3.05) is 32.8 Å². The Morgan fingerprint density at radius 2 is 2.09 bits per heavy atom. The summed E-state index contributed by atoms with van der Waals surface area (Å²) in [4.78, 5) is 2.25. The molecule has 3 nitrogen and oxygen atoms in total. The quantitative estimate of drug-likeness (QED) is 0.633. The monoisotopic (exact) mass is 159 g/mol. The van der Waals surface area contributed by atoms with Crippen molar-refractivity contribution >= 4 is 0 Å². The highest BCUT2D eigenvalue weighted by atomic mass is 16.5. The van der Waals surface area contributed by atoms with Crippen LogP contribution in [0.25, 0.3) is 0 Å². The van der Waals surface area contributed by atoms with Gasteiger partial charge in [-0.3, -0.25) is 4.90 Å². The predicted octanol–water partition coefficient (Wildman–Crippen LogP) is 0.0895. The summed E-state index contributed by atoms with van der Waals surface area (Å²) in [5.41, 5.74) is 0.